The molecule has 1 amide bonds. The summed E-state index contributed by atoms with van der Waals surface area (Å²) in [6, 6.07) is 7.82. The molecule has 28 heavy (non-hydrogen) atoms. The van der Waals surface area contributed by atoms with Gasteiger partial charge < -0.3 is 25.2 Å². The minimum atomic E-state index is -1.12. The van der Waals surface area contributed by atoms with Gasteiger partial charge in [-0.1, -0.05) is 23.4 Å². The largest absolute Gasteiger partial charge is 0.388 e. The van der Waals surface area contributed by atoms with E-state index in [1.807, 2.05) is 31.3 Å². The number of nitrogens with one attached hydrogen (secondary N) is 1. The second-order valence-electron chi connectivity index (χ2n) is 7.28. The average molecular weight is 387 g/mol. The number of amides is 1. The average Bonchev–Trinajstić information content (AvgIpc) is 3.38. The molecule has 0 bridgehead atoms. The Morgan fingerprint density at radius 2 is 2.07 bits per heavy atom. The summed E-state index contributed by atoms with van der Waals surface area (Å²) in [5.74, 6) is -0.112. The molecule has 9 heteroatoms. The molecular weight excluding hydrogens is 362 g/mol. The maximum atomic E-state index is 12.8. The van der Waals surface area contributed by atoms with Crippen LogP contribution in [0.15, 0.2) is 30.5 Å². The summed E-state index contributed by atoms with van der Waals surface area (Å²) in [5, 5.41) is 31.8. The lowest BCUT2D eigenvalue weighted by Crippen LogP contribution is -2.37. The molecule has 2 aliphatic heterocycles. The first-order valence-corrected chi connectivity index (χ1v) is 9.50. The van der Waals surface area contributed by atoms with Crippen LogP contribution in [0.25, 0.3) is 0 Å². The Balaban J connectivity index is 1.38. The first-order valence-electron chi connectivity index (χ1n) is 9.50. The lowest BCUT2D eigenvalue weighted by atomic mass is 10.0. The Morgan fingerprint density at radius 1 is 1.29 bits per heavy atom. The van der Waals surface area contributed by atoms with Crippen molar-refractivity contribution in [2.75, 3.05) is 18.5 Å². The molecule has 0 saturated carbocycles. The van der Waals surface area contributed by atoms with E-state index in [1.54, 1.807) is 15.8 Å². The van der Waals surface area contributed by atoms with Crippen molar-refractivity contribution < 1.29 is 19.7 Å². The van der Waals surface area contributed by atoms with Crippen LogP contribution in [0.5, 0.6) is 0 Å². The van der Waals surface area contributed by atoms with Crippen LogP contribution in [0.2, 0.25) is 0 Å². The first-order chi connectivity index (χ1) is 13.6. The third-order valence-corrected chi connectivity index (χ3v) is 5.34. The maximum absolute atomic E-state index is 12.8. The van der Waals surface area contributed by atoms with Crippen LogP contribution >= 0.6 is 0 Å². The fraction of sp³-hybridized carbons (Fsp3) is 0.526. The highest BCUT2D eigenvalue weighted by Gasteiger charge is 2.44. The summed E-state index contributed by atoms with van der Waals surface area (Å²) in [7, 11) is 1.82. The predicted molar refractivity (Wildman–Crippen MR) is 101 cm³/mol. The minimum Gasteiger partial charge on any atom is -0.388 e. The van der Waals surface area contributed by atoms with Gasteiger partial charge in [0.2, 0.25) is 5.91 Å². The number of para-hydroxylation sites is 1. The van der Waals surface area contributed by atoms with Gasteiger partial charge in [0, 0.05) is 25.0 Å². The molecule has 2 aliphatic rings. The molecule has 3 heterocycles. The number of aliphatic hydroxyl groups excluding tert-OH is 2. The normalized spacial score (nSPS) is 26.6. The van der Waals surface area contributed by atoms with Gasteiger partial charge in [-0.2, -0.15) is 0 Å². The van der Waals surface area contributed by atoms with Crippen molar-refractivity contribution in [3.05, 3.63) is 41.7 Å². The molecule has 2 aromatic rings. The van der Waals surface area contributed by atoms with Crippen molar-refractivity contribution in [3.63, 3.8) is 0 Å². The number of rotatable bonds is 6. The third kappa shape index (κ3) is 3.66. The van der Waals surface area contributed by atoms with Crippen molar-refractivity contribution in [2.45, 2.75) is 50.3 Å². The fourth-order valence-electron chi connectivity index (χ4n) is 3.90. The highest BCUT2D eigenvalue weighted by Crippen LogP contribution is 2.30. The summed E-state index contributed by atoms with van der Waals surface area (Å²) in [4.78, 5) is 14.5. The van der Waals surface area contributed by atoms with E-state index in [1.165, 1.54) is 0 Å². The lowest BCUT2D eigenvalue weighted by Gasteiger charge is -2.21. The van der Waals surface area contributed by atoms with E-state index in [4.69, 9.17) is 4.74 Å². The van der Waals surface area contributed by atoms with Gasteiger partial charge in [0.1, 0.15) is 18.3 Å². The van der Waals surface area contributed by atoms with Gasteiger partial charge in [0.05, 0.1) is 24.8 Å². The second-order valence-corrected chi connectivity index (χ2v) is 7.28. The number of ether oxygens (including phenoxy) is 1. The van der Waals surface area contributed by atoms with Gasteiger partial charge in [-0.25, -0.2) is 4.68 Å². The van der Waals surface area contributed by atoms with Crippen molar-refractivity contribution in [2.24, 2.45) is 0 Å². The molecule has 1 aromatic carbocycles. The Kier molecular flexibility index (Phi) is 5.40. The molecule has 150 valence electrons. The van der Waals surface area contributed by atoms with E-state index in [0.717, 1.165) is 23.4 Å². The zero-order valence-corrected chi connectivity index (χ0v) is 15.7. The fourth-order valence-corrected chi connectivity index (χ4v) is 3.90. The molecule has 0 spiro atoms. The number of hydrogen-bond acceptors (Lipinski definition) is 7. The minimum absolute atomic E-state index is 0.0193. The Bertz CT molecular complexity index is 841. The predicted octanol–water partition coefficient (Wildman–Crippen LogP) is -0.534. The highest BCUT2D eigenvalue weighted by molar-refractivity contribution is 5.95. The van der Waals surface area contributed by atoms with E-state index >= 15 is 0 Å². The van der Waals surface area contributed by atoms with Gasteiger partial charge in [-0.15, -0.1) is 5.10 Å². The van der Waals surface area contributed by atoms with E-state index < -0.39 is 24.4 Å². The molecule has 0 unspecified atom stereocenters. The van der Waals surface area contributed by atoms with E-state index in [9.17, 15) is 15.0 Å². The molecule has 0 aliphatic carbocycles. The van der Waals surface area contributed by atoms with Crippen molar-refractivity contribution in [1.29, 1.82) is 0 Å². The van der Waals surface area contributed by atoms with Gasteiger partial charge in [-0.05, 0) is 25.1 Å². The van der Waals surface area contributed by atoms with Gasteiger partial charge in [-0.3, -0.25) is 4.79 Å². The van der Waals surface area contributed by atoms with Crippen LogP contribution < -0.4 is 10.2 Å². The summed E-state index contributed by atoms with van der Waals surface area (Å²) in [6.45, 7) is 1.47. The van der Waals surface area contributed by atoms with E-state index in [2.05, 4.69) is 15.6 Å². The Hall–Kier alpha value is -2.33. The zero-order chi connectivity index (χ0) is 19.7. The number of fused-ring (bicyclic) bond motifs is 1. The zero-order valence-electron chi connectivity index (χ0n) is 15.7. The Morgan fingerprint density at radius 3 is 2.89 bits per heavy atom. The number of aliphatic hydroxyl groups is 2. The first kappa shape index (κ1) is 19.0. The van der Waals surface area contributed by atoms with Crippen molar-refractivity contribution in [3.8, 4) is 0 Å². The monoisotopic (exact) mass is 387 g/mol. The molecule has 4 rings (SSSR count). The Labute approximate surface area is 162 Å². The molecule has 0 radical (unpaired) electrons. The maximum Gasteiger partial charge on any atom is 0.229 e. The van der Waals surface area contributed by atoms with Crippen molar-refractivity contribution >= 4 is 11.6 Å². The molecule has 1 aromatic heterocycles. The summed E-state index contributed by atoms with van der Waals surface area (Å²) >= 11 is 0. The van der Waals surface area contributed by atoms with E-state index in [-0.39, 0.29) is 18.9 Å². The topological polar surface area (TPSA) is 113 Å². The van der Waals surface area contributed by atoms with Crippen LogP contribution in [0.4, 0.5) is 5.69 Å². The van der Waals surface area contributed by atoms with Gasteiger partial charge >= 0.3 is 0 Å². The molecule has 1 fully saturated rings. The smallest absolute Gasteiger partial charge is 0.229 e. The highest BCUT2D eigenvalue weighted by atomic mass is 16.5. The quantitative estimate of drug-likeness (QED) is 0.611. The molecule has 3 N–H and O–H groups in total. The molecule has 1 saturated heterocycles. The number of carbonyl (C=O) groups is 1. The number of hydrogen-bond donors (Lipinski definition) is 3. The number of anilines is 1. The van der Waals surface area contributed by atoms with Crippen molar-refractivity contribution in [1.82, 2.24) is 20.3 Å². The summed E-state index contributed by atoms with van der Waals surface area (Å²) < 4.78 is 7.40. The van der Waals surface area contributed by atoms with Crippen LogP contribution in [-0.2, 0) is 29.0 Å². The number of nitrogens with zero attached hydrogens (tertiary/aromatic N) is 4. The number of aromatic nitrogens is 3. The standard InChI is InChI=1S/C19H25N5O4/c1-20-9-13-10-23(22-21-13)11-16-19(27)18(26)15(28-16)8-17(25)24-7-6-12-4-2-3-5-14(12)24/h2-5,10,15-16,18-20,26-27H,6-9,11H2,1H3/t15-,16-,18-,19+/m0/s1. The molecular formula is C19H25N5O4. The van der Waals surface area contributed by atoms with Gasteiger partial charge in [0.15, 0.2) is 0 Å². The van der Waals surface area contributed by atoms with Gasteiger partial charge in [0.25, 0.3) is 0 Å². The summed E-state index contributed by atoms with van der Waals surface area (Å²) in [5.41, 5.74) is 2.83. The lowest BCUT2D eigenvalue weighted by molar-refractivity contribution is -0.122. The summed E-state index contributed by atoms with van der Waals surface area (Å²) in [6.07, 6.45) is -0.997. The third-order valence-electron chi connectivity index (χ3n) is 5.34. The van der Waals surface area contributed by atoms with Crippen LogP contribution in [0, 0.1) is 0 Å². The molecule has 9 nitrogen and oxygen atoms in total. The van der Waals surface area contributed by atoms with Crippen LogP contribution in [0.3, 0.4) is 0 Å². The number of carbonyl (C=O) groups excluding carboxylic acids is 1. The van der Waals surface area contributed by atoms with E-state index in [0.29, 0.717) is 13.1 Å². The molecule has 4 atom stereocenters. The second kappa shape index (κ2) is 7.96. The van der Waals surface area contributed by atoms with Crippen LogP contribution in [0.1, 0.15) is 17.7 Å². The SMILES string of the molecule is CNCc1cn(C[C@@H]2O[C@@H](CC(=O)N3CCc4ccccc43)[C@H](O)[C@@H]2O)nn1. The van der Waals surface area contributed by atoms with Crippen LogP contribution in [-0.4, -0.2) is 69.1 Å². The number of benzene rings is 1.